The van der Waals surface area contributed by atoms with Crippen LogP contribution >= 0.6 is 35.7 Å². The molecule has 1 fully saturated rings. The minimum absolute atomic E-state index is 0. The second kappa shape index (κ2) is 3.29. The van der Waals surface area contributed by atoms with Crippen LogP contribution in [-0.2, 0) is 4.79 Å². The SMILES string of the molecule is I.O=C1CSC(=O)N1. The Morgan fingerprint density at radius 1 is 1.50 bits per heavy atom. The van der Waals surface area contributed by atoms with Gasteiger partial charge in [-0.2, -0.15) is 0 Å². The molecular formula is C3H4INO2S. The Morgan fingerprint density at radius 3 is 2.25 bits per heavy atom. The first kappa shape index (κ1) is 8.22. The van der Waals surface area contributed by atoms with Gasteiger partial charge in [-0.3, -0.25) is 14.9 Å². The summed E-state index contributed by atoms with van der Waals surface area (Å²) in [6.45, 7) is 0. The highest BCUT2D eigenvalue weighted by Crippen LogP contribution is 2.06. The van der Waals surface area contributed by atoms with Crippen molar-refractivity contribution in [1.82, 2.24) is 5.32 Å². The summed E-state index contributed by atoms with van der Waals surface area (Å²) < 4.78 is 0. The van der Waals surface area contributed by atoms with E-state index in [4.69, 9.17) is 0 Å². The topological polar surface area (TPSA) is 46.2 Å². The van der Waals surface area contributed by atoms with Gasteiger partial charge in [-0.05, 0) is 0 Å². The van der Waals surface area contributed by atoms with Crippen molar-refractivity contribution in [3.8, 4) is 0 Å². The van der Waals surface area contributed by atoms with E-state index in [2.05, 4.69) is 5.32 Å². The Kier molecular flexibility index (Phi) is 3.38. The third-order valence-corrected chi connectivity index (χ3v) is 1.35. The first-order chi connectivity index (χ1) is 3.29. The Morgan fingerprint density at radius 2 is 2.12 bits per heavy atom. The van der Waals surface area contributed by atoms with Crippen molar-refractivity contribution >= 4 is 46.9 Å². The lowest BCUT2D eigenvalue weighted by Gasteiger charge is -1.77. The van der Waals surface area contributed by atoms with Crippen molar-refractivity contribution in [2.45, 2.75) is 0 Å². The van der Waals surface area contributed by atoms with Crippen molar-refractivity contribution in [3.05, 3.63) is 0 Å². The number of imide groups is 1. The maximum atomic E-state index is 10.1. The maximum Gasteiger partial charge on any atom is 0.286 e. The van der Waals surface area contributed by atoms with Crippen LogP contribution in [0.2, 0.25) is 0 Å². The third kappa shape index (κ3) is 1.99. The molecule has 0 aromatic carbocycles. The summed E-state index contributed by atoms with van der Waals surface area (Å²) in [7, 11) is 0. The molecule has 2 amide bonds. The van der Waals surface area contributed by atoms with Gasteiger partial charge in [0.2, 0.25) is 5.91 Å². The fraction of sp³-hybridized carbons (Fsp3) is 0.333. The molecule has 0 bridgehead atoms. The molecule has 1 saturated heterocycles. The minimum atomic E-state index is -0.231. The molecule has 1 rings (SSSR count). The van der Waals surface area contributed by atoms with Gasteiger partial charge < -0.3 is 0 Å². The van der Waals surface area contributed by atoms with E-state index in [9.17, 15) is 9.59 Å². The molecule has 0 aliphatic carbocycles. The molecule has 0 aromatic heterocycles. The van der Waals surface area contributed by atoms with Crippen molar-refractivity contribution in [1.29, 1.82) is 0 Å². The molecular weight excluding hydrogens is 241 g/mol. The summed E-state index contributed by atoms with van der Waals surface area (Å²) >= 11 is 1.01. The van der Waals surface area contributed by atoms with Crippen molar-refractivity contribution in [3.63, 3.8) is 0 Å². The van der Waals surface area contributed by atoms with Gasteiger partial charge in [0, 0.05) is 0 Å². The van der Waals surface area contributed by atoms with Crippen LogP contribution in [0.4, 0.5) is 4.79 Å². The van der Waals surface area contributed by atoms with E-state index in [1.807, 2.05) is 0 Å². The molecule has 5 heteroatoms. The number of amides is 2. The molecule has 46 valence electrons. The van der Waals surface area contributed by atoms with Gasteiger partial charge >= 0.3 is 0 Å². The van der Waals surface area contributed by atoms with Crippen molar-refractivity contribution < 1.29 is 9.59 Å². The Labute approximate surface area is 67.6 Å². The highest BCUT2D eigenvalue weighted by molar-refractivity contribution is 14.0. The predicted molar refractivity (Wildman–Crippen MR) is 41.4 cm³/mol. The van der Waals surface area contributed by atoms with Crippen LogP contribution in [0.25, 0.3) is 0 Å². The van der Waals surface area contributed by atoms with Gasteiger partial charge in [0.05, 0.1) is 5.75 Å². The van der Waals surface area contributed by atoms with Gasteiger partial charge in [0.15, 0.2) is 0 Å². The number of hydrogen-bond acceptors (Lipinski definition) is 3. The third-order valence-electron chi connectivity index (χ3n) is 0.576. The van der Waals surface area contributed by atoms with Gasteiger partial charge in [0.25, 0.3) is 5.24 Å². The summed E-state index contributed by atoms with van der Waals surface area (Å²) in [4.78, 5) is 20.2. The molecule has 0 aromatic rings. The van der Waals surface area contributed by atoms with Crippen LogP contribution in [0.5, 0.6) is 0 Å². The normalized spacial score (nSPS) is 17.5. The summed E-state index contributed by atoms with van der Waals surface area (Å²) in [6, 6.07) is 0. The largest absolute Gasteiger partial charge is 0.286 e. The van der Waals surface area contributed by atoms with Crippen molar-refractivity contribution in [2.24, 2.45) is 0 Å². The molecule has 0 radical (unpaired) electrons. The van der Waals surface area contributed by atoms with E-state index < -0.39 is 0 Å². The van der Waals surface area contributed by atoms with Gasteiger partial charge in [0.1, 0.15) is 0 Å². The average Bonchev–Trinajstić information content (AvgIpc) is 1.87. The fourth-order valence-corrected chi connectivity index (χ4v) is 0.837. The van der Waals surface area contributed by atoms with E-state index in [0.717, 1.165) is 11.8 Å². The molecule has 3 nitrogen and oxygen atoms in total. The van der Waals surface area contributed by atoms with Crippen LogP contribution < -0.4 is 5.32 Å². The standard InChI is InChI=1S/C3H3NO2S.HI/c5-2-1-7-3(6)4-2;/h1H2,(H,4,5,6);1H. The Bertz CT molecular complexity index is 112. The number of halogens is 1. The maximum absolute atomic E-state index is 10.1. The van der Waals surface area contributed by atoms with Gasteiger partial charge in [-0.15, -0.1) is 24.0 Å². The molecule has 0 saturated carbocycles. The minimum Gasteiger partial charge on any atom is -0.286 e. The first-order valence-electron chi connectivity index (χ1n) is 1.75. The molecule has 0 unspecified atom stereocenters. The van der Waals surface area contributed by atoms with E-state index in [-0.39, 0.29) is 35.1 Å². The summed E-state index contributed by atoms with van der Waals surface area (Å²) in [5.74, 6) is 0.105. The Balaban J connectivity index is 0.000000490. The second-order valence-electron chi connectivity index (χ2n) is 1.12. The highest BCUT2D eigenvalue weighted by Gasteiger charge is 2.16. The average molecular weight is 245 g/mol. The van der Waals surface area contributed by atoms with Gasteiger partial charge in [-0.1, -0.05) is 11.8 Å². The van der Waals surface area contributed by atoms with Crippen LogP contribution in [0.15, 0.2) is 0 Å². The van der Waals surface area contributed by atoms with E-state index in [0.29, 0.717) is 5.75 Å². The van der Waals surface area contributed by atoms with Crippen LogP contribution in [-0.4, -0.2) is 16.9 Å². The first-order valence-corrected chi connectivity index (χ1v) is 2.74. The number of carbonyl (C=O) groups excluding carboxylic acids is 2. The summed E-state index contributed by atoms with van der Waals surface area (Å²) in [5, 5.41) is 1.87. The van der Waals surface area contributed by atoms with E-state index in [1.54, 1.807) is 0 Å². The fourth-order valence-electron chi connectivity index (χ4n) is 0.317. The van der Waals surface area contributed by atoms with Crippen LogP contribution in [0, 0.1) is 0 Å². The van der Waals surface area contributed by atoms with E-state index >= 15 is 0 Å². The van der Waals surface area contributed by atoms with E-state index in [1.165, 1.54) is 0 Å². The predicted octanol–water partition coefficient (Wildman–Crippen LogP) is 0.587. The molecule has 1 heterocycles. The molecule has 0 spiro atoms. The molecule has 8 heavy (non-hydrogen) atoms. The van der Waals surface area contributed by atoms with Crippen molar-refractivity contribution in [2.75, 3.05) is 5.75 Å². The number of rotatable bonds is 0. The lowest BCUT2D eigenvalue weighted by atomic mass is 10.7. The summed E-state index contributed by atoms with van der Waals surface area (Å²) in [6.07, 6.45) is 0. The number of thioether (sulfide) groups is 1. The molecule has 1 aliphatic heterocycles. The lowest BCUT2D eigenvalue weighted by Crippen LogP contribution is -2.18. The summed E-state index contributed by atoms with van der Waals surface area (Å²) in [5.41, 5.74) is 0. The molecule has 1 N–H and O–H groups in total. The number of hydrogen-bond donors (Lipinski definition) is 1. The van der Waals surface area contributed by atoms with Gasteiger partial charge in [-0.25, -0.2) is 0 Å². The monoisotopic (exact) mass is 245 g/mol. The zero-order valence-electron chi connectivity index (χ0n) is 3.84. The molecule has 1 aliphatic rings. The zero-order chi connectivity index (χ0) is 5.28. The van der Waals surface area contributed by atoms with Crippen LogP contribution in [0.3, 0.4) is 0 Å². The smallest absolute Gasteiger partial charge is 0.286 e. The van der Waals surface area contributed by atoms with Crippen LogP contribution in [0.1, 0.15) is 0 Å². The Hall–Kier alpha value is 0.220. The number of carbonyl (C=O) groups is 2. The lowest BCUT2D eigenvalue weighted by molar-refractivity contribution is -0.117. The molecule has 0 atom stereocenters. The number of nitrogens with one attached hydrogen (secondary N) is 1. The zero-order valence-corrected chi connectivity index (χ0v) is 6.99. The highest BCUT2D eigenvalue weighted by atomic mass is 127. The quantitative estimate of drug-likeness (QED) is 0.635. The second-order valence-corrected chi connectivity index (χ2v) is 2.07.